The zero-order valence-electron chi connectivity index (χ0n) is 18.1. The van der Waals surface area contributed by atoms with Crippen molar-refractivity contribution in [2.75, 3.05) is 26.7 Å². The van der Waals surface area contributed by atoms with Gasteiger partial charge in [-0.2, -0.15) is 0 Å². The van der Waals surface area contributed by atoms with Crippen LogP contribution in [0.2, 0.25) is 0 Å². The highest BCUT2D eigenvalue weighted by atomic mass is 16.5. The van der Waals surface area contributed by atoms with Gasteiger partial charge in [-0.15, -0.1) is 0 Å². The van der Waals surface area contributed by atoms with Crippen molar-refractivity contribution in [2.24, 2.45) is 5.92 Å². The van der Waals surface area contributed by atoms with Crippen molar-refractivity contribution in [2.45, 2.75) is 76.6 Å². The molecule has 0 spiro atoms. The van der Waals surface area contributed by atoms with E-state index in [1.807, 2.05) is 0 Å². The van der Waals surface area contributed by atoms with E-state index in [9.17, 15) is 0 Å². The highest BCUT2D eigenvalue weighted by Gasteiger charge is 2.51. The number of para-hydroxylation sites is 1. The van der Waals surface area contributed by atoms with Gasteiger partial charge in [0.15, 0.2) is 0 Å². The zero-order valence-corrected chi connectivity index (χ0v) is 18.1. The number of likely N-dealkylation sites (tertiary alicyclic amines) is 1. The molecule has 3 aliphatic heterocycles. The molecule has 0 N–H and O–H groups in total. The van der Waals surface area contributed by atoms with Crippen molar-refractivity contribution in [3.05, 3.63) is 29.8 Å². The van der Waals surface area contributed by atoms with Gasteiger partial charge in [-0.1, -0.05) is 31.0 Å². The smallest absolute Gasteiger partial charge is 0.140 e. The van der Waals surface area contributed by atoms with Crippen molar-refractivity contribution in [1.82, 2.24) is 0 Å². The predicted octanol–water partition coefficient (Wildman–Crippen LogP) is 5.11. The molecule has 3 heterocycles. The van der Waals surface area contributed by atoms with Gasteiger partial charge in [-0.3, -0.25) is 0 Å². The van der Waals surface area contributed by atoms with Crippen molar-refractivity contribution >= 4 is 0 Å². The average molecular weight is 383 g/mol. The van der Waals surface area contributed by atoms with Crippen molar-refractivity contribution < 1.29 is 14.0 Å². The summed E-state index contributed by atoms with van der Waals surface area (Å²) in [4.78, 5) is 0. The van der Waals surface area contributed by atoms with Gasteiger partial charge in [0.1, 0.15) is 23.5 Å². The van der Waals surface area contributed by atoms with Crippen molar-refractivity contribution in [3.63, 3.8) is 0 Å². The van der Waals surface area contributed by atoms with Crippen LogP contribution >= 0.6 is 0 Å². The van der Waals surface area contributed by atoms with E-state index >= 15 is 0 Å². The van der Waals surface area contributed by atoms with Crippen LogP contribution in [0.15, 0.2) is 24.3 Å². The number of benzene rings is 1. The summed E-state index contributed by atoms with van der Waals surface area (Å²) in [7, 11) is 2.36. The molecule has 4 rings (SSSR count). The Morgan fingerprint density at radius 1 is 1.14 bits per heavy atom. The lowest BCUT2D eigenvalue weighted by molar-refractivity contribution is -0.907. The van der Waals surface area contributed by atoms with E-state index in [1.54, 1.807) is 0 Å². The van der Waals surface area contributed by atoms with Gasteiger partial charge in [-0.25, -0.2) is 0 Å². The van der Waals surface area contributed by atoms with Gasteiger partial charge in [-0.05, 0) is 64.4 Å². The molecule has 0 amide bonds. The lowest BCUT2D eigenvalue weighted by Crippen LogP contribution is -2.52. The molecular weight excluding hydrogens is 346 g/mol. The highest BCUT2D eigenvalue weighted by molar-refractivity contribution is 5.39. The quantitative estimate of drug-likeness (QED) is 0.523. The molecule has 0 aromatic heterocycles. The van der Waals surface area contributed by atoms with E-state index in [-0.39, 0.29) is 17.3 Å². The Balaban J connectivity index is 1.55. The standard InChI is InChI=1S/C25H36NO2/c1-5-25(3)21-14-16-24(2,15-11-19-26(4)17-9-6-10-18-26)28-23(21)20-12-7-8-13-22(20)27-25/h7-8,12-13,21,23H,5-6,9-10,14,16-19H2,1-4H3/q+1/t21-,23-,24-,25-/m0/s1. The monoisotopic (exact) mass is 382 g/mol. The third-order valence-electron chi connectivity index (χ3n) is 7.45. The fourth-order valence-corrected chi connectivity index (χ4v) is 5.32. The Morgan fingerprint density at radius 3 is 2.64 bits per heavy atom. The number of hydrogen-bond acceptors (Lipinski definition) is 2. The first kappa shape index (κ1) is 19.8. The molecule has 1 aromatic carbocycles. The molecule has 4 atom stereocenters. The maximum Gasteiger partial charge on any atom is 0.140 e. The number of rotatable bonds is 2. The first-order valence-corrected chi connectivity index (χ1v) is 11.2. The van der Waals surface area contributed by atoms with E-state index in [4.69, 9.17) is 9.47 Å². The maximum absolute atomic E-state index is 6.76. The number of quaternary nitrogens is 1. The number of ether oxygens (including phenoxy) is 2. The highest BCUT2D eigenvalue weighted by Crippen LogP contribution is 2.53. The molecule has 0 radical (unpaired) electrons. The van der Waals surface area contributed by atoms with Crippen LogP contribution in [-0.2, 0) is 4.74 Å². The summed E-state index contributed by atoms with van der Waals surface area (Å²) in [6, 6.07) is 8.40. The topological polar surface area (TPSA) is 18.5 Å². The molecule has 28 heavy (non-hydrogen) atoms. The fraction of sp³-hybridized carbons (Fsp3) is 0.680. The van der Waals surface area contributed by atoms with Gasteiger partial charge in [0.05, 0.1) is 26.2 Å². The Labute approximate surface area is 171 Å². The predicted molar refractivity (Wildman–Crippen MR) is 113 cm³/mol. The van der Waals surface area contributed by atoms with Crippen LogP contribution in [0.4, 0.5) is 0 Å². The number of fused-ring (bicyclic) bond motifs is 3. The third kappa shape index (κ3) is 3.70. The summed E-state index contributed by atoms with van der Waals surface area (Å²) in [5.41, 5.74) is 0.663. The molecule has 1 aromatic rings. The molecule has 0 bridgehead atoms. The van der Waals surface area contributed by atoms with Crippen LogP contribution < -0.4 is 4.74 Å². The van der Waals surface area contributed by atoms with E-state index in [0.29, 0.717) is 5.92 Å². The molecular formula is C25H36NO2+. The molecule has 152 valence electrons. The minimum atomic E-state index is -0.366. The maximum atomic E-state index is 6.76. The van der Waals surface area contributed by atoms with Gasteiger partial charge in [0.25, 0.3) is 0 Å². The van der Waals surface area contributed by atoms with Crippen LogP contribution in [-0.4, -0.2) is 42.4 Å². The van der Waals surface area contributed by atoms with Crippen LogP contribution in [0, 0.1) is 17.8 Å². The van der Waals surface area contributed by atoms with Gasteiger partial charge < -0.3 is 14.0 Å². The van der Waals surface area contributed by atoms with E-state index < -0.39 is 0 Å². The van der Waals surface area contributed by atoms with E-state index in [0.717, 1.165) is 36.0 Å². The second-order valence-electron chi connectivity index (χ2n) is 9.81. The third-order valence-corrected chi connectivity index (χ3v) is 7.45. The van der Waals surface area contributed by atoms with Gasteiger partial charge in [0.2, 0.25) is 0 Å². The van der Waals surface area contributed by atoms with Crippen molar-refractivity contribution in [1.29, 1.82) is 0 Å². The molecule has 2 fully saturated rings. The molecule has 3 aliphatic rings. The van der Waals surface area contributed by atoms with E-state index in [1.165, 1.54) is 37.9 Å². The Hall–Kier alpha value is -1.50. The number of piperidine rings is 1. The summed E-state index contributed by atoms with van der Waals surface area (Å²) in [5.74, 6) is 8.44. The zero-order chi connectivity index (χ0) is 19.8. The summed E-state index contributed by atoms with van der Waals surface area (Å²) < 4.78 is 14.3. The van der Waals surface area contributed by atoms with Gasteiger partial charge in [0, 0.05) is 11.5 Å². The molecule has 2 saturated heterocycles. The van der Waals surface area contributed by atoms with Crippen molar-refractivity contribution in [3.8, 4) is 17.6 Å². The molecule has 0 aliphatic carbocycles. The first-order valence-electron chi connectivity index (χ1n) is 11.2. The Bertz CT molecular complexity index is 772. The van der Waals surface area contributed by atoms with Crippen LogP contribution in [0.25, 0.3) is 0 Å². The van der Waals surface area contributed by atoms with Crippen LogP contribution in [0.3, 0.4) is 0 Å². The first-order chi connectivity index (χ1) is 13.4. The minimum absolute atomic E-state index is 0.0720. The SMILES string of the molecule is CC[C@]1(C)Oc2ccccc2[C@@H]2O[C@@](C)(C#CC[N+]3(C)CCCCC3)CC[C@@H]21. The molecule has 0 saturated carbocycles. The molecule has 3 nitrogen and oxygen atoms in total. The minimum Gasteiger partial charge on any atom is -0.487 e. The summed E-state index contributed by atoms with van der Waals surface area (Å²) in [6.07, 6.45) is 7.19. The lowest BCUT2D eigenvalue weighted by atomic mass is 9.71. The Kier molecular flexibility index (Phi) is 5.23. The van der Waals surface area contributed by atoms with E-state index in [2.05, 4.69) is 63.9 Å². The fourth-order valence-electron chi connectivity index (χ4n) is 5.32. The van der Waals surface area contributed by atoms with Gasteiger partial charge >= 0.3 is 0 Å². The Morgan fingerprint density at radius 2 is 1.89 bits per heavy atom. The molecule has 0 unspecified atom stereocenters. The molecule has 3 heteroatoms. The summed E-state index contributed by atoms with van der Waals surface area (Å²) in [6.45, 7) is 10.1. The second kappa shape index (κ2) is 7.39. The van der Waals surface area contributed by atoms with Crippen LogP contribution in [0.1, 0.15) is 71.0 Å². The summed E-state index contributed by atoms with van der Waals surface area (Å²) in [5, 5.41) is 0. The second-order valence-corrected chi connectivity index (χ2v) is 9.81. The summed E-state index contributed by atoms with van der Waals surface area (Å²) >= 11 is 0. The normalized spacial score (nSPS) is 36.3. The van der Waals surface area contributed by atoms with Crippen LogP contribution in [0.5, 0.6) is 5.75 Å². The average Bonchev–Trinajstić information content (AvgIpc) is 2.68. The number of hydrogen-bond donors (Lipinski definition) is 0. The largest absolute Gasteiger partial charge is 0.487 e. The lowest BCUT2D eigenvalue weighted by Gasteiger charge is -2.51. The number of nitrogens with zero attached hydrogens (tertiary/aromatic N) is 1.